The predicted octanol–water partition coefficient (Wildman–Crippen LogP) is 3.83. The van der Waals surface area contributed by atoms with Crippen LogP contribution in [0.2, 0.25) is 0 Å². The number of Topliss-reactive ketones (excluding diaryl/α,β-unsaturated/α-hetero) is 1. The van der Waals surface area contributed by atoms with E-state index in [2.05, 4.69) is 37.6 Å². The van der Waals surface area contributed by atoms with E-state index < -0.39 is 0 Å². The molecule has 0 aromatic carbocycles. The summed E-state index contributed by atoms with van der Waals surface area (Å²) in [6.45, 7) is 1.66. The molecule has 1 saturated heterocycles. The maximum atomic E-state index is 11.2. The Kier molecular flexibility index (Phi) is 4.23. The number of halogens is 2. The molecular weight excluding hydrogens is 388 g/mol. The van der Waals surface area contributed by atoms with Crippen molar-refractivity contribution in [3.8, 4) is 0 Å². The summed E-state index contributed by atoms with van der Waals surface area (Å²) in [4.78, 5) is 12.9. The Labute approximate surface area is 135 Å². The largest absolute Gasteiger partial charge is 0.487 e. The van der Waals surface area contributed by atoms with E-state index in [0.29, 0.717) is 18.3 Å². The lowest BCUT2D eigenvalue weighted by molar-refractivity contribution is -0.168. The summed E-state index contributed by atoms with van der Waals surface area (Å²) >= 11 is 6.79. The first-order valence-corrected chi connectivity index (χ1v) is 8.52. The summed E-state index contributed by atoms with van der Waals surface area (Å²) in [6, 6.07) is 0. The molecule has 5 atom stereocenters. The first-order valence-electron chi connectivity index (χ1n) is 6.81. The van der Waals surface area contributed by atoms with Gasteiger partial charge in [-0.05, 0) is 25.3 Å². The number of carbonyl (C=O) groups excluding carboxylic acids is 1. The van der Waals surface area contributed by atoms with Gasteiger partial charge in [0.2, 0.25) is 0 Å². The Hall–Kier alpha value is -0.350. The highest BCUT2D eigenvalue weighted by atomic mass is 79.9. The number of ketones is 1. The molecule has 3 rings (SSSR count). The van der Waals surface area contributed by atoms with Crippen LogP contribution >= 0.6 is 31.9 Å². The van der Waals surface area contributed by atoms with Crippen LogP contribution in [0.25, 0.3) is 0 Å². The van der Waals surface area contributed by atoms with Crippen molar-refractivity contribution in [1.29, 1.82) is 0 Å². The van der Waals surface area contributed by atoms with Gasteiger partial charge < -0.3 is 14.3 Å². The zero-order valence-electron chi connectivity index (χ0n) is 11.1. The van der Waals surface area contributed by atoms with E-state index in [1.54, 1.807) is 11.9 Å². The van der Waals surface area contributed by atoms with Crippen molar-refractivity contribution in [2.24, 2.45) is 11.8 Å². The molecule has 3 nitrogen and oxygen atoms in total. The molecule has 0 aromatic heterocycles. The van der Waals surface area contributed by atoms with Gasteiger partial charge in [0.05, 0.1) is 6.10 Å². The number of hydrogen-bond donors (Lipinski definition) is 0. The first-order chi connectivity index (χ1) is 9.60. The molecule has 20 heavy (non-hydrogen) atoms. The lowest BCUT2D eigenvalue weighted by atomic mass is 9.95. The number of fused-ring (bicyclic) bond motifs is 1. The zero-order valence-corrected chi connectivity index (χ0v) is 14.3. The topological polar surface area (TPSA) is 35.5 Å². The lowest BCUT2D eigenvalue weighted by Crippen LogP contribution is -2.50. The van der Waals surface area contributed by atoms with E-state index >= 15 is 0 Å². The van der Waals surface area contributed by atoms with Crippen LogP contribution in [-0.2, 0) is 14.3 Å². The van der Waals surface area contributed by atoms with Gasteiger partial charge in [0.1, 0.15) is 17.6 Å². The summed E-state index contributed by atoms with van der Waals surface area (Å²) in [5.41, 5.74) is 3.01. The fourth-order valence-corrected chi connectivity index (χ4v) is 3.85. The quantitative estimate of drug-likeness (QED) is 0.669. The Morgan fingerprint density at radius 2 is 2.35 bits per heavy atom. The van der Waals surface area contributed by atoms with Crippen LogP contribution in [0, 0.1) is 11.8 Å². The average molecular weight is 404 g/mol. The van der Waals surface area contributed by atoms with E-state index in [1.165, 1.54) is 0 Å². The molecule has 2 aliphatic heterocycles. The van der Waals surface area contributed by atoms with Gasteiger partial charge in [-0.25, -0.2) is 0 Å². The molecule has 5 heteroatoms. The molecule has 1 saturated carbocycles. The minimum absolute atomic E-state index is 0.0309. The molecule has 2 fully saturated rings. The predicted molar refractivity (Wildman–Crippen MR) is 82.6 cm³/mol. The summed E-state index contributed by atoms with van der Waals surface area (Å²) in [6.07, 6.45) is 4.65. The van der Waals surface area contributed by atoms with Crippen LogP contribution in [0.3, 0.4) is 0 Å². The highest BCUT2D eigenvalue weighted by Gasteiger charge is 2.56. The van der Waals surface area contributed by atoms with Crippen molar-refractivity contribution in [3.05, 3.63) is 27.0 Å². The van der Waals surface area contributed by atoms with E-state index in [0.717, 1.165) is 23.1 Å². The van der Waals surface area contributed by atoms with Gasteiger partial charge >= 0.3 is 0 Å². The van der Waals surface area contributed by atoms with E-state index in [9.17, 15) is 4.79 Å². The number of rotatable bonds is 4. The molecule has 3 aliphatic rings. The van der Waals surface area contributed by atoms with Gasteiger partial charge in [0.25, 0.3) is 0 Å². The normalized spacial score (nSPS) is 38.0. The molecule has 0 spiro atoms. The first kappa shape index (κ1) is 14.6. The Bertz CT molecular complexity index is 519. The fourth-order valence-electron chi connectivity index (χ4n) is 3.05. The molecule has 108 valence electrons. The highest BCUT2D eigenvalue weighted by molar-refractivity contribution is 9.11. The summed E-state index contributed by atoms with van der Waals surface area (Å²) in [7, 11) is 0. The van der Waals surface area contributed by atoms with E-state index in [1.807, 2.05) is 6.08 Å². The van der Waals surface area contributed by atoms with Gasteiger partial charge in [-0.15, -0.1) is 5.73 Å². The van der Waals surface area contributed by atoms with Crippen LogP contribution in [-0.4, -0.2) is 24.1 Å². The molecular formula is C15H16Br2O3. The molecule has 0 bridgehead atoms. The second-order valence-corrected chi connectivity index (χ2v) is 7.07. The number of carbonyl (C=O) groups is 1. The van der Waals surface area contributed by atoms with Gasteiger partial charge in [0, 0.05) is 28.2 Å². The van der Waals surface area contributed by atoms with Crippen LogP contribution in [0.15, 0.2) is 27.0 Å². The maximum Gasteiger partial charge on any atom is 0.153 e. The standard InChI is InChI=1S/C15H16Br2O3/c1-8(18)5-9-6-11(9)13-15-14(20-13)12(17)7-10(19-15)3-2-4-16/h3-4,9-11,13,15H,5-7H2,1H3. The fraction of sp³-hybridized carbons (Fsp3) is 0.600. The highest BCUT2D eigenvalue weighted by Crippen LogP contribution is 2.53. The Morgan fingerprint density at radius 3 is 3.05 bits per heavy atom. The van der Waals surface area contributed by atoms with Crippen LogP contribution in [0.4, 0.5) is 0 Å². The maximum absolute atomic E-state index is 11.2. The molecule has 0 aromatic rings. The molecule has 0 amide bonds. The number of ether oxygens (including phenoxy) is 2. The van der Waals surface area contributed by atoms with Crippen molar-refractivity contribution >= 4 is 37.6 Å². The van der Waals surface area contributed by atoms with Crippen molar-refractivity contribution in [1.82, 2.24) is 0 Å². The van der Waals surface area contributed by atoms with Crippen molar-refractivity contribution in [2.75, 3.05) is 0 Å². The minimum Gasteiger partial charge on any atom is -0.487 e. The third kappa shape index (κ3) is 2.82. The number of hydrogen-bond acceptors (Lipinski definition) is 3. The monoisotopic (exact) mass is 402 g/mol. The molecule has 2 heterocycles. The van der Waals surface area contributed by atoms with Gasteiger partial charge in [0.15, 0.2) is 6.10 Å². The third-order valence-electron chi connectivity index (χ3n) is 4.08. The van der Waals surface area contributed by atoms with Crippen LogP contribution in [0.1, 0.15) is 26.2 Å². The minimum atomic E-state index is 0.0309. The van der Waals surface area contributed by atoms with Crippen molar-refractivity contribution in [3.63, 3.8) is 0 Å². The van der Waals surface area contributed by atoms with Crippen LogP contribution < -0.4 is 0 Å². The summed E-state index contributed by atoms with van der Waals surface area (Å²) < 4.78 is 13.0. The van der Waals surface area contributed by atoms with Gasteiger partial charge in [-0.2, -0.15) is 0 Å². The molecule has 5 unspecified atom stereocenters. The van der Waals surface area contributed by atoms with Gasteiger partial charge in [-0.1, -0.05) is 31.9 Å². The SMILES string of the molecule is CC(=O)CC1CC1C1OC2=C(Br)CC(C=C=CBr)OC21. The van der Waals surface area contributed by atoms with Crippen molar-refractivity contribution in [2.45, 2.75) is 44.5 Å². The molecule has 1 aliphatic carbocycles. The smallest absolute Gasteiger partial charge is 0.153 e. The molecule has 0 radical (unpaired) electrons. The third-order valence-corrected chi connectivity index (χ3v) is 5.06. The van der Waals surface area contributed by atoms with Gasteiger partial charge in [-0.3, -0.25) is 0 Å². The second kappa shape index (κ2) is 5.80. The molecule has 0 N–H and O–H groups in total. The Morgan fingerprint density at radius 1 is 1.55 bits per heavy atom. The van der Waals surface area contributed by atoms with Crippen LogP contribution in [0.5, 0.6) is 0 Å². The summed E-state index contributed by atoms with van der Waals surface area (Å²) in [5.74, 6) is 2.17. The van der Waals surface area contributed by atoms with E-state index in [4.69, 9.17) is 9.47 Å². The zero-order chi connectivity index (χ0) is 14.3. The lowest BCUT2D eigenvalue weighted by Gasteiger charge is -2.45. The second-order valence-electron chi connectivity index (χ2n) is 5.66. The summed E-state index contributed by atoms with van der Waals surface area (Å²) in [5, 5.41) is 0. The Balaban J connectivity index is 1.64. The van der Waals surface area contributed by atoms with Crippen molar-refractivity contribution < 1.29 is 14.3 Å². The van der Waals surface area contributed by atoms with E-state index in [-0.39, 0.29) is 24.1 Å². The average Bonchev–Trinajstić information content (AvgIpc) is 3.07.